The lowest BCUT2D eigenvalue weighted by molar-refractivity contribution is 0.101. The highest BCUT2D eigenvalue weighted by atomic mass is 16.5. The van der Waals surface area contributed by atoms with Crippen molar-refractivity contribution in [3.63, 3.8) is 0 Å². The average molecular weight is 284 g/mol. The van der Waals surface area contributed by atoms with Crippen LogP contribution in [0.25, 0.3) is 0 Å². The largest absolute Gasteiger partial charge is 0.491 e. The summed E-state index contributed by atoms with van der Waals surface area (Å²) < 4.78 is 5.60. The number of hydrogen-bond acceptors (Lipinski definition) is 4. The first-order chi connectivity index (χ1) is 9.95. The molecular weight excluding hydrogens is 264 g/mol. The normalized spacial score (nSPS) is 10.5. The van der Waals surface area contributed by atoms with Crippen LogP contribution in [-0.2, 0) is 0 Å². The van der Waals surface area contributed by atoms with Crippen LogP contribution >= 0.6 is 0 Å². The maximum Gasteiger partial charge on any atom is 0.161 e. The highest BCUT2D eigenvalue weighted by molar-refractivity contribution is 6.00. The van der Waals surface area contributed by atoms with Crippen LogP contribution in [0.4, 0.5) is 17.1 Å². The first-order valence-corrected chi connectivity index (χ1v) is 6.90. The molecule has 2 rings (SSSR count). The molecule has 0 amide bonds. The first kappa shape index (κ1) is 14.9. The number of nitrogen functional groups attached to an aromatic ring is 1. The summed E-state index contributed by atoms with van der Waals surface area (Å²) in [5, 5.41) is 3.24. The molecule has 0 saturated heterocycles. The van der Waals surface area contributed by atoms with E-state index in [4.69, 9.17) is 10.5 Å². The number of rotatable bonds is 5. The van der Waals surface area contributed by atoms with E-state index in [1.165, 1.54) is 6.92 Å². The average Bonchev–Trinajstić information content (AvgIpc) is 2.42. The van der Waals surface area contributed by atoms with Crippen LogP contribution < -0.4 is 15.8 Å². The minimum absolute atomic E-state index is 0.0446. The molecule has 4 heteroatoms. The maximum atomic E-state index is 11.5. The van der Waals surface area contributed by atoms with Crippen molar-refractivity contribution in [2.75, 3.05) is 11.1 Å². The molecule has 0 saturated carbocycles. The Kier molecular flexibility index (Phi) is 4.48. The second kappa shape index (κ2) is 6.31. The van der Waals surface area contributed by atoms with Crippen LogP contribution in [-0.4, -0.2) is 11.9 Å². The van der Waals surface area contributed by atoms with Crippen molar-refractivity contribution >= 4 is 22.8 Å². The number of anilines is 3. The number of Topliss-reactive ketones (excluding diaryl/α,β-unsaturated/α-hetero) is 1. The van der Waals surface area contributed by atoms with E-state index in [-0.39, 0.29) is 11.9 Å². The fourth-order valence-corrected chi connectivity index (χ4v) is 1.99. The maximum absolute atomic E-state index is 11.5. The molecule has 0 unspecified atom stereocenters. The van der Waals surface area contributed by atoms with E-state index in [9.17, 15) is 4.79 Å². The van der Waals surface area contributed by atoms with E-state index in [1.54, 1.807) is 12.1 Å². The van der Waals surface area contributed by atoms with Gasteiger partial charge in [0, 0.05) is 22.6 Å². The monoisotopic (exact) mass is 284 g/mol. The summed E-state index contributed by atoms with van der Waals surface area (Å²) in [7, 11) is 0. The second-order valence-corrected chi connectivity index (χ2v) is 5.17. The molecule has 0 spiro atoms. The van der Waals surface area contributed by atoms with Crippen LogP contribution in [0, 0.1) is 0 Å². The van der Waals surface area contributed by atoms with E-state index in [0.717, 1.165) is 17.1 Å². The predicted molar refractivity (Wildman–Crippen MR) is 86.3 cm³/mol. The van der Waals surface area contributed by atoms with Gasteiger partial charge in [0.15, 0.2) is 5.78 Å². The number of ketones is 1. The summed E-state index contributed by atoms with van der Waals surface area (Å²) in [6.45, 7) is 5.49. The zero-order valence-corrected chi connectivity index (χ0v) is 12.5. The molecule has 0 aliphatic carbocycles. The Balaban J connectivity index is 2.14. The van der Waals surface area contributed by atoms with Crippen LogP contribution in [0.5, 0.6) is 5.75 Å². The smallest absolute Gasteiger partial charge is 0.161 e. The third kappa shape index (κ3) is 3.99. The summed E-state index contributed by atoms with van der Waals surface area (Å²) in [6.07, 6.45) is 0.152. The van der Waals surface area contributed by atoms with Gasteiger partial charge in [0.25, 0.3) is 0 Å². The van der Waals surface area contributed by atoms with Crippen molar-refractivity contribution in [2.45, 2.75) is 26.9 Å². The highest BCUT2D eigenvalue weighted by Gasteiger charge is 2.06. The molecule has 0 aliphatic rings. The minimum atomic E-state index is -0.0446. The molecule has 0 atom stereocenters. The minimum Gasteiger partial charge on any atom is -0.491 e. The lowest BCUT2D eigenvalue weighted by Crippen LogP contribution is -2.05. The van der Waals surface area contributed by atoms with Crippen molar-refractivity contribution in [3.8, 4) is 5.75 Å². The zero-order valence-electron chi connectivity index (χ0n) is 12.5. The molecule has 0 fully saturated rings. The molecule has 3 N–H and O–H groups in total. The van der Waals surface area contributed by atoms with Gasteiger partial charge in [-0.25, -0.2) is 0 Å². The van der Waals surface area contributed by atoms with Crippen molar-refractivity contribution in [1.29, 1.82) is 0 Å². The Labute approximate surface area is 124 Å². The molecule has 0 heterocycles. The van der Waals surface area contributed by atoms with Gasteiger partial charge in [-0.2, -0.15) is 0 Å². The topological polar surface area (TPSA) is 64.3 Å². The predicted octanol–water partition coefficient (Wildman–Crippen LogP) is 4.00. The summed E-state index contributed by atoms with van der Waals surface area (Å²) in [6, 6.07) is 13.0. The SMILES string of the molecule is CC(=O)c1cc(Nc2ccc(OC(C)C)cc2)ccc1N. The number of nitrogens with two attached hydrogens (primary N) is 1. The molecular formula is C17H20N2O2. The number of carbonyl (C=O) groups excluding carboxylic acids is 1. The van der Waals surface area contributed by atoms with Gasteiger partial charge >= 0.3 is 0 Å². The third-order valence-corrected chi connectivity index (χ3v) is 2.95. The van der Waals surface area contributed by atoms with Gasteiger partial charge in [0.05, 0.1) is 6.10 Å². The summed E-state index contributed by atoms with van der Waals surface area (Å²) >= 11 is 0. The Hall–Kier alpha value is -2.49. The number of carbonyl (C=O) groups is 1. The lowest BCUT2D eigenvalue weighted by Gasteiger charge is -2.12. The van der Waals surface area contributed by atoms with Crippen LogP contribution in [0.2, 0.25) is 0 Å². The number of nitrogens with one attached hydrogen (secondary N) is 1. The van der Waals surface area contributed by atoms with Gasteiger partial charge in [-0.1, -0.05) is 0 Å². The van der Waals surface area contributed by atoms with Gasteiger partial charge in [0.1, 0.15) is 5.75 Å². The van der Waals surface area contributed by atoms with Crippen LogP contribution in [0.15, 0.2) is 42.5 Å². The van der Waals surface area contributed by atoms with Gasteiger partial charge < -0.3 is 15.8 Å². The summed E-state index contributed by atoms with van der Waals surface area (Å²) in [5.41, 5.74) is 8.55. The Morgan fingerprint density at radius 2 is 1.71 bits per heavy atom. The molecule has 21 heavy (non-hydrogen) atoms. The molecule has 4 nitrogen and oxygen atoms in total. The number of hydrogen-bond donors (Lipinski definition) is 2. The summed E-state index contributed by atoms with van der Waals surface area (Å²) in [5.74, 6) is 0.786. The Morgan fingerprint density at radius 3 is 2.29 bits per heavy atom. The molecule has 0 aromatic heterocycles. The van der Waals surface area contributed by atoms with Gasteiger partial charge in [-0.3, -0.25) is 4.79 Å². The second-order valence-electron chi connectivity index (χ2n) is 5.17. The fourth-order valence-electron chi connectivity index (χ4n) is 1.99. The van der Waals surface area contributed by atoms with E-state index in [1.807, 2.05) is 44.2 Å². The molecule has 2 aromatic carbocycles. The van der Waals surface area contributed by atoms with Crippen molar-refractivity contribution < 1.29 is 9.53 Å². The highest BCUT2D eigenvalue weighted by Crippen LogP contribution is 2.24. The third-order valence-electron chi connectivity index (χ3n) is 2.95. The molecule has 0 bridgehead atoms. The van der Waals surface area contributed by atoms with Crippen molar-refractivity contribution in [3.05, 3.63) is 48.0 Å². The van der Waals surface area contributed by atoms with E-state index in [2.05, 4.69) is 5.32 Å². The van der Waals surface area contributed by atoms with Crippen molar-refractivity contribution in [2.24, 2.45) is 0 Å². The Bertz CT molecular complexity index is 634. The molecule has 110 valence electrons. The molecule has 0 aliphatic heterocycles. The molecule has 0 radical (unpaired) electrons. The van der Waals surface area contributed by atoms with Gasteiger partial charge in [0.2, 0.25) is 0 Å². The van der Waals surface area contributed by atoms with Crippen molar-refractivity contribution in [1.82, 2.24) is 0 Å². The fraction of sp³-hybridized carbons (Fsp3) is 0.235. The Morgan fingerprint density at radius 1 is 1.10 bits per heavy atom. The van der Waals surface area contributed by atoms with Gasteiger partial charge in [-0.05, 0) is 63.2 Å². The zero-order chi connectivity index (χ0) is 15.4. The van der Waals surface area contributed by atoms with E-state index >= 15 is 0 Å². The first-order valence-electron chi connectivity index (χ1n) is 6.90. The van der Waals surface area contributed by atoms with E-state index in [0.29, 0.717) is 11.3 Å². The number of ether oxygens (including phenoxy) is 1. The van der Waals surface area contributed by atoms with Gasteiger partial charge in [-0.15, -0.1) is 0 Å². The lowest BCUT2D eigenvalue weighted by atomic mass is 10.1. The van der Waals surface area contributed by atoms with E-state index < -0.39 is 0 Å². The number of benzene rings is 2. The molecule has 2 aromatic rings. The quantitative estimate of drug-likeness (QED) is 0.643. The van der Waals surface area contributed by atoms with Crippen LogP contribution in [0.1, 0.15) is 31.1 Å². The standard InChI is InChI=1S/C17H20N2O2/c1-11(2)21-15-7-4-13(5-8-15)19-14-6-9-17(18)16(10-14)12(3)20/h4-11,19H,18H2,1-3H3. The summed E-state index contributed by atoms with van der Waals surface area (Å²) in [4.78, 5) is 11.5. The van der Waals surface area contributed by atoms with Crippen LogP contribution in [0.3, 0.4) is 0 Å².